The number of rotatable bonds is 5. The lowest BCUT2D eigenvalue weighted by Crippen LogP contribution is -3.20. The van der Waals surface area contributed by atoms with Crippen LogP contribution < -0.4 is 15.0 Å². The molecule has 4 atom stereocenters. The molecule has 3 fully saturated rings. The number of benzene rings is 1. The van der Waals surface area contributed by atoms with Crippen LogP contribution in [0.2, 0.25) is 0 Å². The van der Waals surface area contributed by atoms with Crippen molar-refractivity contribution < 1.29 is 32.3 Å². The second-order valence-electron chi connectivity index (χ2n) is 7.06. The van der Waals surface area contributed by atoms with E-state index in [0.29, 0.717) is 18.3 Å². The fourth-order valence-corrected chi connectivity index (χ4v) is 4.16. The normalized spacial score (nSPS) is 27.8. The molecule has 1 aromatic carbocycles. The standard InChI is InChI=1S/C18H23F3N2O3/c1-2-12-10-23-8-7-13(12)9-15(23)11-25-17(24)22-14-3-5-16(6-4-14)26-18(19,20)21/h3-6,12-13,15H,2,7-11H2,1H3,(H,22,24)/p+1/t12-,13-,15+/m0/s1. The molecule has 3 saturated heterocycles. The van der Waals surface area contributed by atoms with E-state index >= 15 is 0 Å². The van der Waals surface area contributed by atoms with Crippen LogP contribution in [0.4, 0.5) is 23.7 Å². The number of amides is 1. The first-order valence-corrected chi connectivity index (χ1v) is 8.98. The van der Waals surface area contributed by atoms with Crippen LogP contribution in [-0.4, -0.2) is 38.2 Å². The van der Waals surface area contributed by atoms with Crippen molar-refractivity contribution in [3.05, 3.63) is 24.3 Å². The van der Waals surface area contributed by atoms with Gasteiger partial charge in [0, 0.05) is 24.4 Å². The lowest BCUT2D eigenvalue weighted by atomic mass is 9.75. The van der Waals surface area contributed by atoms with Gasteiger partial charge in [-0.1, -0.05) is 6.92 Å². The predicted octanol–water partition coefficient (Wildman–Crippen LogP) is 2.84. The summed E-state index contributed by atoms with van der Waals surface area (Å²) >= 11 is 0. The molecular formula is C18H24F3N2O3+. The number of ether oxygens (including phenoxy) is 2. The highest BCUT2D eigenvalue weighted by Gasteiger charge is 2.43. The largest absolute Gasteiger partial charge is 0.573 e. The number of anilines is 1. The molecule has 1 amide bonds. The Morgan fingerprint density at radius 1 is 1.31 bits per heavy atom. The van der Waals surface area contributed by atoms with Crippen LogP contribution in [-0.2, 0) is 4.74 Å². The Balaban J connectivity index is 1.45. The predicted molar refractivity (Wildman–Crippen MR) is 89.1 cm³/mol. The van der Waals surface area contributed by atoms with Gasteiger partial charge < -0.3 is 14.4 Å². The molecule has 3 heterocycles. The van der Waals surface area contributed by atoms with Gasteiger partial charge in [0.15, 0.2) is 0 Å². The van der Waals surface area contributed by atoms with Gasteiger partial charge in [-0.2, -0.15) is 0 Å². The zero-order chi connectivity index (χ0) is 18.7. The Kier molecular flexibility index (Phi) is 5.60. The second-order valence-corrected chi connectivity index (χ2v) is 7.06. The molecule has 5 nitrogen and oxygen atoms in total. The van der Waals surface area contributed by atoms with Crippen LogP contribution in [0.5, 0.6) is 5.75 Å². The third kappa shape index (κ3) is 4.81. The molecule has 0 aromatic heterocycles. The van der Waals surface area contributed by atoms with E-state index in [2.05, 4.69) is 17.0 Å². The Labute approximate surface area is 150 Å². The minimum atomic E-state index is -4.73. The van der Waals surface area contributed by atoms with Crippen LogP contribution in [0.25, 0.3) is 0 Å². The van der Waals surface area contributed by atoms with Gasteiger partial charge in [-0.05, 0) is 36.6 Å². The molecule has 2 N–H and O–H groups in total. The SMILES string of the molecule is CC[C@H]1C[NH+]2CC[C@H]1C[C@@H]2COC(=O)Nc1ccc(OC(F)(F)F)cc1. The topological polar surface area (TPSA) is 52.0 Å². The Bertz CT molecular complexity index is 621. The minimum absolute atomic E-state index is 0.337. The van der Waals surface area contributed by atoms with E-state index in [1.54, 1.807) is 0 Å². The second kappa shape index (κ2) is 7.73. The summed E-state index contributed by atoms with van der Waals surface area (Å²) < 4.78 is 45.5. The Hall–Kier alpha value is -1.96. The molecule has 0 saturated carbocycles. The number of fused-ring (bicyclic) bond motifs is 3. The van der Waals surface area contributed by atoms with Crippen molar-refractivity contribution in [2.45, 2.75) is 38.6 Å². The van der Waals surface area contributed by atoms with Crippen molar-refractivity contribution >= 4 is 11.8 Å². The molecule has 8 heteroatoms. The van der Waals surface area contributed by atoms with Crippen LogP contribution in [0.1, 0.15) is 26.2 Å². The maximum Gasteiger partial charge on any atom is 0.573 e. The van der Waals surface area contributed by atoms with Crippen molar-refractivity contribution in [2.75, 3.05) is 25.0 Å². The van der Waals surface area contributed by atoms with Crippen LogP contribution >= 0.6 is 0 Å². The van der Waals surface area contributed by atoms with Gasteiger partial charge in [0.05, 0.1) is 13.1 Å². The summed E-state index contributed by atoms with van der Waals surface area (Å²) in [6.45, 7) is 4.88. The zero-order valence-electron chi connectivity index (χ0n) is 14.6. The molecule has 1 aromatic rings. The molecule has 4 rings (SSSR count). The monoisotopic (exact) mass is 373 g/mol. The number of piperidine rings is 3. The first-order valence-electron chi connectivity index (χ1n) is 8.98. The quantitative estimate of drug-likeness (QED) is 0.835. The molecular weight excluding hydrogens is 349 g/mol. The highest BCUT2D eigenvalue weighted by molar-refractivity contribution is 5.84. The summed E-state index contributed by atoms with van der Waals surface area (Å²) in [6, 6.07) is 5.30. The van der Waals surface area contributed by atoms with Crippen LogP contribution in [0.15, 0.2) is 24.3 Å². The van der Waals surface area contributed by atoms with E-state index in [1.807, 2.05) is 0 Å². The van der Waals surface area contributed by atoms with E-state index < -0.39 is 12.5 Å². The van der Waals surface area contributed by atoms with E-state index in [9.17, 15) is 18.0 Å². The number of carbonyl (C=O) groups excluding carboxylic acids is 1. The van der Waals surface area contributed by atoms with Gasteiger partial charge in [-0.25, -0.2) is 4.79 Å². The van der Waals surface area contributed by atoms with E-state index in [4.69, 9.17) is 4.74 Å². The van der Waals surface area contributed by atoms with Gasteiger partial charge in [0.1, 0.15) is 18.4 Å². The number of nitrogens with one attached hydrogen (secondary N) is 2. The number of halogens is 3. The molecule has 1 unspecified atom stereocenters. The summed E-state index contributed by atoms with van der Waals surface area (Å²) in [6.07, 6.45) is -1.78. The number of carbonyl (C=O) groups is 1. The number of hydrogen-bond acceptors (Lipinski definition) is 3. The lowest BCUT2D eigenvalue weighted by molar-refractivity contribution is -0.946. The van der Waals surface area contributed by atoms with Gasteiger partial charge in [-0.3, -0.25) is 5.32 Å². The van der Waals surface area contributed by atoms with Crippen molar-refractivity contribution in [1.82, 2.24) is 0 Å². The first-order chi connectivity index (χ1) is 12.3. The van der Waals surface area contributed by atoms with Gasteiger partial charge in [-0.15, -0.1) is 13.2 Å². The van der Waals surface area contributed by atoms with Gasteiger partial charge >= 0.3 is 12.5 Å². The number of quaternary nitrogens is 1. The molecule has 0 radical (unpaired) electrons. The van der Waals surface area contributed by atoms with Crippen LogP contribution in [0.3, 0.4) is 0 Å². The molecule has 0 spiro atoms. The maximum atomic E-state index is 12.1. The summed E-state index contributed by atoms with van der Waals surface area (Å²) in [7, 11) is 0. The average molecular weight is 373 g/mol. The minimum Gasteiger partial charge on any atom is -0.443 e. The van der Waals surface area contributed by atoms with Crippen molar-refractivity contribution in [1.29, 1.82) is 0 Å². The molecule has 144 valence electrons. The van der Waals surface area contributed by atoms with Crippen LogP contribution in [0, 0.1) is 11.8 Å². The smallest absolute Gasteiger partial charge is 0.443 e. The Morgan fingerprint density at radius 2 is 2.04 bits per heavy atom. The first kappa shape index (κ1) is 18.8. The number of hydrogen-bond donors (Lipinski definition) is 2. The molecule has 26 heavy (non-hydrogen) atoms. The molecule has 2 bridgehead atoms. The van der Waals surface area contributed by atoms with E-state index in [0.717, 1.165) is 43.5 Å². The molecule has 3 aliphatic rings. The maximum absolute atomic E-state index is 12.1. The summed E-state index contributed by atoms with van der Waals surface area (Å²) in [5.41, 5.74) is 0.355. The summed E-state index contributed by atoms with van der Waals surface area (Å²) in [4.78, 5) is 13.5. The fourth-order valence-electron chi connectivity index (χ4n) is 4.16. The fraction of sp³-hybridized carbons (Fsp3) is 0.611. The summed E-state index contributed by atoms with van der Waals surface area (Å²) in [5, 5.41) is 2.53. The summed E-state index contributed by atoms with van der Waals surface area (Å²) in [5.74, 6) is 1.17. The Morgan fingerprint density at radius 3 is 2.62 bits per heavy atom. The highest BCUT2D eigenvalue weighted by atomic mass is 19.4. The lowest BCUT2D eigenvalue weighted by Gasteiger charge is -2.46. The van der Waals surface area contributed by atoms with Gasteiger partial charge in [0.25, 0.3) is 0 Å². The molecule has 3 aliphatic heterocycles. The molecule has 0 aliphatic carbocycles. The van der Waals surface area contributed by atoms with Crippen molar-refractivity contribution in [3.63, 3.8) is 0 Å². The van der Waals surface area contributed by atoms with E-state index in [1.165, 1.54) is 29.9 Å². The van der Waals surface area contributed by atoms with Gasteiger partial charge in [0.2, 0.25) is 0 Å². The van der Waals surface area contributed by atoms with Crippen molar-refractivity contribution in [2.24, 2.45) is 11.8 Å². The number of alkyl halides is 3. The third-order valence-corrected chi connectivity index (χ3v) is 5.47. The third-order valence-electron chi connectivity index (χ3n) is 5.47. The average Bonchev–Trinajstić information content (AvgIpc) is 2.61. The zero-order valence-corrected chi connectivity index (χ0v) is 14.6. The van der Waals surface area contributed by atoms with Crippen molar-refractivity contribution in [3.8, 4) is 5.75 Å². The van der Waals surface area contributed by atoms with E-state index in [-0.39, 0.29) is 5.75 Å². The highest BCUT2D eigenvalue weighted by Crippen LogP contribution is 2.29.